The van der Waals surface area contributed by atoms with Gasteiger partial charge in [-0.2, -0.15) is 0 Å². The van der Waals surface area contributed by atoms with Crippen LogP contribution in [0, 0.1) is 0 Å². The minimum Gasteiger partial charge on any atom is -0.497 e. The Morgan fingerprint density at radius 2 is 1.78 bits per heavy atom. The predicted octanol–water partition coefficient (Wildman–Crippen LogP) is 3.80. The molecule has 0 unspecified atom stereocenters. The highest BCUT2D eigenvalue weighted by Crippen LogP contribution is 2.27. The van der Waals surface area contributed by atoms with E-state index in [-0.39, 0.29) is 0 Å². The Balaban J connectivity index is 1.98. The Morgan fingerprint density at radius 3 is 2.39 bits per heavy atom. The summed E-state index contributed by atoms with van der Waals surface area (Å²) >= 11 is 0. The van der Waals surface area contributed by atoms with Crippen LogP contribution in [0.25, 0.3) is 0 Å². The van der Waals surface area contributed by atoms with Gasteiger partial charge < -0.3 is 15.8 Å². The van der Waals surface area contributed by atoms with Crippen LogP contribution in [-0.4, -0.2) is 13.2 Å². The topological polar surface area (TPSA) is 47.3 Å². The van der Waals surface area contributed by atoms with Gasteiger partial charge in [0.15, 0.2) is 0 Å². The molecule has 0 heterocycles. The third-order valence-electron chi connectivity index (χ3n) is 3.72. The molecule has 3 nitrogen and oxygen atoms in total. The number of hydrogen-bond acceptors (Lipinski definition) is 3. The molecule has 0 atom stereocenters. The third-order valence-corrected chi connectivity index (χ3v) is 3.72. The van der Waals surface area contributed by atoms with Crippen molar-refractivity contribution in [3.8, 4) is 5.75 Å². The molecule has 1 aliphatic carbocycles. The number of nitrogens with one attached hydrogen (secondary N) is 1. The van der Waals surface area contributed by atoms with Crippen LogP contribution in [0.5, 0.6) is 5.75 Å². The molecular weight excluding hydrogens is 224 g/mol. The molecule has 3 heteroatoms. The van der Waals surface area contributed by atoms with E-state index in [1.54, 1.807) is 7.11 Å². The van der Waals surface area contributed by atoms with Gasteiger partial charge in [-0.3, -0.25) is 0 Å². The van der Waals surface area contributed by atoms with Gasteiger partial charge in [0.1, 0.15) is 5.75 Å². The van der Waals surface area contributed by atoms with Gasteiger partial charge in [0.2, 0.25) is 0 Å². The number of nitrogens with two attached hydrogens (primary N) is 1. The maximum atomic E-state index is 6.04. The van der Waals surface area contributed by atoms with Gasteiger partial charge in [-0.05, 0) is 25.0 Å². The highest BCUT2D eigenvalue weighted by Gasteiger charge is 2.12. The monoisotopic (exact) mass is 248 g/mol. The van der Waals surface area contributed by atoms with Crippen molar-refractivity contribution in [3.05, 3.63) is 18.2 Å². The van der Waals surface area contributed by atoms with E-state index < -0.39 is 0 Å². The van der Waals surface area contributed by atoms with Gasteiger partial charge in [0.05, 0.1) is 18.5 Å². The SMILES string of the molecule is COc1ccc(NC2CCCCCCC2)c(N)c1. The number of rotatable bonds is 3. The Kier molecular flexibility index (Phi) is 4.73. The Morgan fingerprint density at radius 1 is 1.11 bits per heavy atom. The lowest BCUT2D eigenvalue weighted by Crippen LogP contribution is -2.21. The van der Waals surface area contributed by atoms with E-state index in [2.05, 4.69) is 5.32 Å². The van der Waals surface area contributed by atoms with Crippen molar-refractivity contribution in [1.29, 1.82) is 0 Å². The maximum absolute atomic E-state index is 6.04. The summed E-state index contributed by atoms with van der Waals surface area (Å²) in [5, 5.41) is 3.59. The molecular formula is C15H24N2O. The van der Waals surface area contributed by atoms with E-state index in [0.717, 1.165) is 17.1 Å². The number of ether oxygens (including phenoxy) is 1. The van der Waals surface area contributed by atoms with Crippen LogP contribution in [0.2, 0.25) is 0 Å². The quantitative estimate of drug-likeness (QED) is 0.800. The van der Waals surface area contributed by atoms with Crippen molar-refractivity contribution in [2.24, 2.45) is 0 Å². The molecule has 100 valence electrons. The smallest absolute Gasteiger partial charge is 0.121 e. The highest BCUT2D eigenvalue weighted by atomic mass is 16.5. The summed E-state index contributed by atoms with van der Waals surface area (Å²) in [7, 11) is 1.66. The number of methoxy groups -OCH3 is 1. The second-order valence-electron chi connectivity index (χ2n) is 5.14. The summed E-state index contributed by atoms with van der Waals surface area (Å²) in [5.41, 5.74) is 7.86. The summed E-state index contributed by atoms with van der Waals surface area (Å²) in [6.45, 7) is 0. The molecule has 2 rings (SSSR count). The zero-order valence-electron chi connectivity index (χ0n) is 11.2. The summed E-state index contributed by atoms with van der Waals surface area (Å²) in [5.74, 6) is 0.815. The summed E-state index contributed by atoms with van der Waals surface area (Å²) in [6.07, 6.45) is 9.31. The zero-order valence-corrected chi connectivity index (χ0v) is 11.2. The summed E-state index contributed by atoms with van der Waals surface area (Å²) in [6, 6.07) is 6.43. The molecule has 0 bridgehead atoms. The zero-order chi connectivity index (χ0) is 12.8. The summed E-state index contributed by atoms with van der Waals surface area (Å²) < 4.78 is 5.17. The van der Waals surface area contributed by atoms with Gasteiger partial charge in [-0.15, -0.1) is 0 Å². The minimum absolute atomic E-state index is 0.570. The van der Waals surface area contributed by atoms with Crippen LogP contribution in [0.3, 0.4) is 0 Å². The van der Waals surface area contributed by atoms with Crippen molar-refractivity contribution in [1.82, 2.24) is 0 Å². The van der Waals surface area contributed by atoms with Crippen LogP contribution in [0.1, 0.15) is 44.9 Å². The second-order valence-corrected chi connectivity index (χ2v) is 5.14. The van der Waals surface area contributed by atoms with Crippen LogP contribution in [0.4, 0.5) is 11.4 Å². The van der Waals surface area contributed by atoms with Crippen LogP contribution in [0.15, 0.2) is 18.2 Å². The molecule has 0 amide bonds. The lowest BCUT2D eigenvalue weighted by Gasteiger charge is -2.23. The lowest BCUT2D eigenvalue weighted by atomic mass is 9.96. The van der Waals surface area contributed by atoms with Gasteiger partial charge in [0.25, 0.3) is 0 Å². The molecule has 0 aromatic heterocycles. The van der Waals surface area contributed by atoms with Gasteiger partial charge in [-0.1, -0.05) is 32.1 Å². The molecule has 0 radical (unpaired) electrons. The van der Waals surface area contributed by atoms with Crippen LogP contribution >= 0.6 is 0 Å². The first kappa shape index (κ1) is 13.1. The van der Waals surface area contributed by atoms with E-state index in [4.69, 9.17) is 10.5 Å². The minimum atomic E-state index is 0.570. The first-order chi connectivity index (χ1) is 8.79. The average molecular weight is 248 g/mol. The molecule has 1 aliphatic rings. The molecule has 0 saturated heterocycles. The standard InChI is InChI=1S/C15H24N2O/c1-18-13-9-10-15(14(16)11-13)17-12-7-5-3-2-4-6-8-12/h9-12,17H,2-8,16H2,1H3. The highest BCUT2D eigenvalue weighted by molar-refractivity contribution is 5.68. The Bertz CT molecular complexity index is 371. The number of nitrogen functional groups attached to an aromatic ring is 1. The molecule has 1 fully saturated rings. The molecule has 18 heavy (non-hydrogen) atoms. The fraction of sp³-hybridized carbons (Fsp3) is 0.600. The molecule has 3 N–H and O–H groups in total. The lowest BCUT2D eigenvalue weighted by molar-refractivity contribution is 0.415. The van der Waals surface area contributed by atoms with Crippen LogP contribution in [-0.2, 0) is 0 Å². The molecule has 1 aromatic carbocycles. The van der Waals surface area contributed by atoms with Crippen molar-refractivity contribution in [2.75, 3.05) is 18.2 Å². The molecule has 0 aliphatic heterocycles. The fourth-order valence-corrected chi connectivity index (χ4v) is 2.62. The van der Waals surface area contributed by atoms with Crippen molar-refractivity contribution >= 4 is 11.4 Å². The number of benzene rings is 1. The molecule has 1 saturated carbocycles. The van der Waals surface area contributed by atoms with Crippen LogP contribution < -0.4 is 15.8 Å². The third kappa shape index (κ3) is 3.56. The first-order valence-corrected chi connectivity index (χ1v) is 6.99. The van der Waals surface area contributed by atoms with Crippen molar-refractivity contribution in [2.45, 2.75) is 51.0 Å². The second kappa shape index (κ2) is 6.53. The van der Waals surface area contributed by atoms with Gasteiger partial charge >= 0.3 is 0 Å². The number of anilines is 2. The maximum Gasteiger partial charge on any atom is 0.121 e. The Labute approximate surface area is 110 Å². The average Bonchev–Trinajstić information content (AvgIpc) is 2.34. The predicted molar refractivity (Wildman–Crippen MR) is 77.1 cm³/mol. The molecule has 1 aromatic rings. The van der Waals surface area contributed by atoms with Gasteiger partial charge in [-0.25, -0.2) is 0 Å². The van der Waals surface area contributed by atoms with E-state index in [1.165, 1.54) is 44.9 Å². The number of hydrogen-bond donors (Lipinski definition) is 2. The largest absolute Gasteiger partial charge is 0.497 e. The van der Waals surface area contributed by atoms with E-state index in [0.29, 0.717) is 6.04 Å². The Hall–Kier alpha value is -1.38. The normalized spacial score (nSPS) is 17.8. The van der Waals surface area contributed by atoms with E-state index in [9.17, 15) is 0 Å². The fourth-order valence-electron chi connectivity index (χ4n) is 2.62. The van der Waals surface area contributed by atoms with E-state index >= 15 is 0 Å². The van der Waals surface area contributed by atoms with E-state index in [1.807, 2.05) is 18.2 Å². The summed E-state index contributed by atoms with van der Waals surface area (Å²) in [4.78, 5) is 0. The molecule has 0 spiro atoms. The first-order valence-electron chi connectivity index (χ1n) is 6.99. The van der Waals surface area contributed by atoms with Crippen molar-refractivity contribution < 1.29 is 4.74 Å². The van der Waals surface area contributed by atoms with Gasteiger partial charge in [0, 0.05) is 12.1 Å². The van der Waals surface area contributed by atoms with Crippen molar-refractivity contribution in [3.63, 3.8) is 0 Å².